The van der Waals surface area contributed by atoms with Crippen molar-refractivity contribution in [3.05, 3.63) is 47.6 Å². The summed E-state index contributed by atoms with van der Waals surface area (Å²) >= 11 is 5.59. The highest BCUT2D eigenvalue weighted by molar-refractivity contribution is 6.30. The van der Waals surface area contributed by atoms with Gasteiger partial charge in [-0.25, -0.2) is 14.4 Å². The van der Waals surface area contributed by atoms with Gasteiger partial charge in [0, 0.05) is 18.3 Å². The van der Waals surface area contributed by atoms with Crippen LogP contribution in [0.1, 0.15) is 0 Å². The molecule has 0 unspecified atom stereocenters. The van der Waals surface area contributed by atoms with E-state index in [1.165, 1.54) is 24.5 Å². The van der Waals surface area contributed by atoms with Gasteiger partial charge in [0.05, 0.1) is 5.02 Å². The van der Waals surface area contributed by atoms with Gasteiger partial charge in [0.1, 0.15) is 17.9 Å². The van der Waals surface area contributed by atoms with Crippen LogP contribution in [0.2, 0.25) is 5.02 Å². The summed E-state index contributed by atoms with van der Waals surface area (Å²) in [6.45, 7) is 0. The van der Waals surface area contributed by atoms with Crippen molar-refractivity contribution in [1.29, 1.82) is 0 Å². The first kappa shape index (κ1) is 9.86. The summed E-state index contributed by atoms with van der Waals surface area (Å²) in [5.74, 6) is 0.333. The van der Waals surface area contributed by atoms with E-state index in [0.717, 1.165) is 0 Å². The third kappa shape index (κ3) is 2.41. The van der Waals surface area contributed by atoms with Gasteiger partial charge in [-0.15, -0.1) is 0 Å². The normalized spacial score (nSPS) is 10.0. The average Bonchev–Trinajstić information content (AvgIpc) is 2.25. The zero-order valence-corrected chi connectivity index (χ0v) is 8.28. The van der Waals surface area contributed by atoms with Gasteiger partial charge in [0.25, 0.3) is 0 Å². The molecule has 0 bridgehead atoms. The lowest BCUT2D eigenvalue weighted by atomic mass is 10.3. The Morgan fingerprint density at radius 1 is 1.27 bits per heavy atom. The highest BCUT2D eigenvalue weighted by Gasteiger charge is 2.02. The molecule has 0 amide bonds. The van der Waals surface area contributed by atoms with Crippen molar-refractivity contribution in [2.75, 3.05) is 0 Å². The minimum absolute atomic E-state index is 0.0153. The van der Waals surface area contributed by atoms with Gasteiger partial charge in [-0.3, -0.25) is 0 Å². The molecule has 0 saturated heterocycles. The summed E-state index contributed by atoms with van der Waals surface area (Å²) in [5.41, 5.74) is 0. The van der Waals surface area contributed by atoms with Gasteiger partial charge >= 0.3 is 0 Å². The minimum atomic E-state index is -0.480. The summed E-state index contributed by atoms with van der Waals surface area (Å²) in [5, 5.41) is 0.0153. The van der Waals surface area contributed by atoms with Crippen LogP contribution in [0.4, 0.5) is 4.39 Å². The largest absolute Gasteiger partial charge is 0.439 e. The van der Waals surface area contributed by atoms with Crippen LogP contribution < -0.4 is 4.74 Å². The average molecular weight is 225 g/mol. The lowest BCUT2D eigenvalue weighted by Gasteiger charge is -2.04. The van der Waals surface area contributed by atoms with Crippen molar-refractivity contribution < 1.29 is 9.13 Å². The summed E-state index contributed by atoms with van der Waals surface area (Å²) < 4.78 is 18.1. The number of hydrogen-bond donors (Lipinski definition) is 0. The smallest absolute Gasteiger partial charge is 0.222 e. The molecular formula is C10H6ClFN2O. The summed E-state index contributed by atoms with van der Waals surface area (Å²) in [4.78, 5) is 7.60. The second-order valence-corrected chi connectivity index (χ2v) is 3.13. The Bertz CT molecular complexity index is 464. The Morgan fingerprint density at radius 3 is 2.80 bits per heavy atom. The molecule has 5 heteroatoms. The maximum atomic E-state index is 12.8. The molecule has 1 aromatic heterocycles. The number of aromatic nitrogens is 2. The third-order valence-corrected chi connectivity index (χ3v) is 1.96. The van der Waals surface area contributed by atoms with Crippen molar-refractivity contribution in [3.8, 4) is 11.6 Å². The van der Waals surface area contributed by atoms with Crippen LogP contribution in [0.3, 0.4) is 0 Å². The molecule has 0 saturated carbocycles. The molecule has 0 N–H and O–H groups in total. The fourth-order valence-electron chi connectivity index (χ4n) is 1.00. The van der Waals surface area contributed by atoms with Gasteiger partial charge in [-0.1, -0.05) is 11.6 Å². The van der Waals surface area contributed by atoms with Crippen molar-refractivity contribution in [1.82, 2.24) is 9.97 Å². The SMILES string of the molecule is Fc1ccc(Oc2ccncn2)cc1Cl. The van der Waals surface area contributed by atoms with E-state index in [2.05, 4.69) is 9.97 Å². The van der Waals surface area contributed by atoms with Gasteiger partial charge in [0.2, 0.25) is 5.88 Å². The van der Waals surface area contributed by atoms with Crippen LogP contribution in [0.15, 0.2) is 36.8 Å². The fraction of sp³-hybridized carbons (Fsp3) is 0. The topological polar surface area (TPSA) is 35.0 Å². The summed E-state index contributed by atoms with van der Waals surface area (Å²) in [6.07, 6.45) is 2.91. The van der Waals surface area contributed by atoms with E-state index in [0.29, 0.717) is 11.6 Å². The summed E-state index contributed by atoms with van der Waals surface area (Å²) in [7, 11) is 0. The van der Waals surface area contributed by atoms with Crippen molar-refractivity contribution >= 4 is 11.6 Å². The van der Waals surface area contributed by atoms with E-state index < -0.39 is 5.82 Å². The summed E-state index contributed by atoms with van der Waals surface area (Å²) in [6, 6.07) is 5.69. The quantitative estimate of drug-likeness (QED) is 0.786. The second kappa shape index (κ2) is 4.23. The number of hydrogen-bond acceptors (Lipinski definition) is 3. The van der Waals surface area contributed by atoms with E-state index in [1.54, 1.807) is 12.3 Å². The number of ether oxygens (including phenoxy) is 1. The molecule has 0 aliphatic heterocycles. The molecule has 2 aromatic rings. The number of benzene rings is 1. The van der Waals surface area contributed by atoms with E-state index >= 15 is 0 Å². The van der Waals surface area contributed by atoms with E-state index in [4.69, 9.17) is 16.3 Å². The van der Waals surface area contributed by atoms with Crippen molar-refractivity contribution in [3.63, 3.8) is 0 Å². The number of nitrogens with zero attached hydrogens (tertiary/aromatic N) is 2. The highest BCUT2D eigenvalue weighted by Crippen LogP contribution is 2.24. The third-order valence-electron chi connectivity index (χ3n) is 1.67. The van der Waals surface area contributed by atoms with Crippen LogP contribution >= 0.6 is 11.6 Å². The van der Waals surface area contributed by atoms with Crippen LogP contribution in [0, 0.1) is 5.82 Å². The van der Waals surface area contributed by atoms with Crippen molar-refractivity contribution in [2.24, 2.45) is 0 Å². The minimum Gasteiger partial charge on any atom is -0.439 e. The molecule has 0 radical (unpaired) electrons. The second-order valence-electron chi connectivity index (χ2n) is 2.73. The van der Waals surface area contributed by atoms with Crippen LogP contribution in [0.5, 0.6) is 11.6 Å². The maximum Gasteiger partial charge on any atom is 0.222 e. The van der Waals surface area contributed by atoms with Crippen LogP contribution in [-0.2, 0) is 0 Å². The Balaban J connectivity index is 2.22. The first-order chi connectivity index (χ1) is 7.25. The first-order valence-corrected chi connectivity index (χ1v) is 4.52. The molecule has 15 heavy (non-hydrogen) atoms. The Labute approximate surface area is 90.5 Å². The highest BCUT2D eigenvalue weighted by atomic mass is 35.5. The van der Waals surface area contributed by atoms with Crippen molar-refractivity contribution in [2.45, 2.75) is 0 Å². The maximum absolute atomic E-state index is 12.8. The molecule has 1 aromatic carbocycles. The lowest BCUT2D eigenvalue weighted by molar-refractivity contribution is 0.460. The molecule has 0 aliphatic rings. The zero-order chi connectivity index (χ0) is 10.7. The lowest BCUT2D eigenvalue weighted by Crippen LogP contribution is -1.88. The molecule has 1 heterocycles. The molecule has 0 spiro atoms. The number of halogens is 2. The fourth-order valence-corrected chi connectivity index (χ4v) is 1.17. The Kier molecular flexibility index (Phi) is 2.78. The first-order valence-electron chi connectivity index (χ1n) is 4.14. The van der Waals surface area contributed by atoms with Gasteiger partial charge < -0.3 is 4.74 Å². The predicted molar refractivity (Wildman–Crippen MR) is 53.5 cm³/mol. The van der Waals surface area contributed by atoms with Gasteiger partial charge in [-0.2, -0.15) is 0 Å². The van der Waals surface area contributed by atoms with E-state index in [9.17, 15) is 4.39 Å². The molecule has 2 rings (SSSR count). The standard InChI is InChI=1S/C10H6ClFN2O/c11-8-5-7(1-2-9(8)12)15-10-3-4-13-6-14-10/h1-6H. The monoisotopic (exact) mass is 224 g/mol. The van der Waals surface area contributed by atoms with Gasteiger partial charge in [-0.05, 0) is 12.1 Å². The molecule has 76 valence electrons. The predicted octanol–water partition coefficient (Wildman–Crippen LogP) is 3.06. The molecule has 3 nitrogen and oxygen atoms in total. The molecule has 0 atom stereocenters. The molecule has 0 fully saturated rings. The Morgan fingerprint density at radius 2 is 2.13 bits per heavy atom. The van der Waals surface area contributed by atoms with E-state index in [-0.39, 0.29) is 5.02 Å². The Hall–Kier alpha value is -1.68. The van der Waals surface area contributed by atoms with Crippen LogP contribution in [-0.4, -0.2) is 9.97 Å². The van der Waals surface area contributed by atoms with E-state index in [1.807, 2.05) is 0 Å². The van der Waals surface area contributed by atoms with Gasteiger partial charge in [0.15, 0.2) is 0 Å². The zero-order valence-electron chi connectivity index (χ0n) is 7.52. The molecular weight excluding hydrogens is 219 g/mol. The van der Waals surface area contributed by atoms with Crippen LogP contribution in [0.25, 0.3) is 0 Å². The number of rotatable bonds is 2. The molecule has 0 aliphatic carbocycles.